The number of nitrogens with one attached hydrogen (secondary N) is 2. The number of rotatable bonds is 5. The number of halogens is 1. The highest BCUT2D eigenvalue weighted by molar-refractivity contribution is 6.30. The van der Waals surface area contributed by atoms with Gasteiger partial charge in [-0.3, -0.25) is 20.4 Å². The van der Waals surface area contributed by atoms with Crippen molar-refractivity contribution in [3.63, 3.8) is 0 Å². The van der Waals surface area contributed by atoms with Gasteiger partial charge in [0.1, 0.15) is 12.4 Å². The van der Waals surface area contributed by atoms with Crippen LogP contribution in [0.3, 0.4) is 0 Å². The molecule has 0 fully saturated rings. The van der Waals surface area contributed by atoms with Gasteiger partial charge in [-0.1, -0.05) is 11.6 Å². The molecular formula is C21H23ClN2O5. The van der Waals surface area contributed by atoms with Crippen LogP contribution in [0.2, 0.25) is 5.02 Å². The molecule has 1 atom stereocenters. The molecular weight excluding hydrogens is 396 g/mol. The minimum atomic E-state index is -0.465. The van der Waals surface area contributed by atoms with Crippen LogP contribution in [-0.2, 0) is 11.2 Å². The summed E-state index contributed by atoms with van der Waals surface area (Å²) >= 11 is 6.01. The lowest BCUT2D eigenvalue weighted by Gasteiger charge is -2.24. The van der Waals surface area contributed by atoms with Gasteiger partial charge in [0, 0.05) is 10.6 Å². The number of fused-ring (bicyclic) bond motifs is 1. The second-order valence-electron chi connectivity index (χ2n) is 6.94. The van der Waals surface area contributed by atoms with Gasteiger partial charge in [0.05, 0.1) is 19.1 Å². The minimum Gasteiger partial charge on any atom is -0.493 e. The smallest absolute Gasteiger partial charge is 0.269 e. The van der Waals surface area contributed by atoms with Gasteiger partial charge in [-0.15, -0.1) is 0 Å². The number of carbonyl (C=O) groups is 2. The van der Waals surface area contributed by atoms with E-state index in [-0.39, 0.29) is 18.6 Å². The van der Waals surface area contributed by atoms with Gasteiger partial charge >= 0.3 is 0 Å². The maximum Gasteiger partial charge on any atom is 0.269 e. The Bertz CT molecular complexity index is 916. The molecule has 1 heterocycles. The Morgan fingerprint density at radius 1 is 1.14 bits per heavy atom. The number of benzene rings is 2. The van der Waals surface area contributed by atoms with Gasteiger partial charge in [-0.2, -0.15) is 0 Å². The number of hydrazine groups is 1. The first-order chi connectivity index (χ1) is 13.9. The molecule has 0 saturated heterocycles. The van der Waals surface area contributed by atoms with Crippen LogP contribution in [0.25, 0.3) is 0 Å². The Hall–Kier alpha value is -2.93. The minimum absolute atomic E-state index is 0.0272. The predicted molar refractivity (Wildman–Crippen MR) is 109 cm³/mol. The molecule has 8 heteroatoms. The molecule has 0 aliphatic carbocycles. The molecule has 0 radical (unpaired) electrons. The van der Waals surface area contributed by atoms with Crippen LogP contribution >= 0.6 is 11.6 Å². The maximum absolute atomic E-state index is 12.4. The van der Waals surface area contributed by atoms with Crippen LogP contribution in [0.1, 0.15) is 29.8 Å². The Morgan fingerprint density at radius 3 is 2.66 bits per heavy atom. The summed E-state index contributed by atoms with van der Waals surface area (Å²) in [6, 6.07) is 10.1. The summed E-state index contributed by atoms with van der Waals surface area (Å²) in [5.74, 6) is 0.464. The van der Waals surface area contributed by atoms with E-state index in [2.05, 4.69) is 10.9 Å². The fourth-order valence-corrected chi connectivity index (χ4v) is 3.18. The van der Waals surface area contributed by atoms with Crippen molar-refractivity contribution >= 4 is 23.4 Å². The third kappa shape index (κ3) is 5.12. The van der Waals surface area contributed by atoms with Crippen LogP contribution in [0, 0.1) is 5.92 Å². The van der Waals surface area contributed by atoms with Crippen molar-refractivity contribution in [1.29, 1.82) is 0 Å². The van der Waals surface area contributed by atoms with E-state index < -0.39 is 11.8 Å². The maximum atomic E-state index is 12.4. The van der Waals surface area contributed by atoms with E-state index in [1.807, 2.05) is 13.8 Å². The van der Waals surface area contributed by atoms with Crippen molar-refractivity contribution in [3.8, 4) is 17.2 Å². The number of ether oxygens (including phenoxy) is 3. The van der Waals surface area contributed by atoms with Crippen LogP contribution < -0.4 is 25.1 Å². The normalized spacial score (nSPS) is 15.1. The third-order valence-electron chi connectivity index (χ3n) is 4.39. The molecule has 2 amide bonds. The molecule has 0 spiro atoms. The lowest BCUT2D eigenvalue weighted by molar-refractivity contribution is -0.127. The first-order valence-corrected chi connectivity index (χ1v) is 9.61. The van der Waals surface area contributed by atoms with E-state index in [9.17, 15) is 9.59 Å². The Morgan fingerprint density at radius 2 is 1.93 bits per heavy atom. The summed E-state index contributed by atoms with van der Waals surface area (Å²) < 4.78 is 16.5. The number of amides is 2. The van der Waals surface area contributed by atoms with Crippen molar-refractivity contribution in [3.05, 3.63) is 52.5 Å². The van der Waals surface area contributed by atoms with Gasteiger partial charge in [-0.25, -0.2) is 0 Å². The fourth-order valence-electron chi connectivity index (χ4n) is 2.98. The average Bonchev–Trinajstić information content (AvgIpc) is 2.71. The first kappa shape index (κ1) is 20.8. The fraction of sp³-hybridized carbons (Fsp3) is 0.333. The van der Waals surface area contributed by atoms with E-state index in [4.69, 9.17) is 25.8 Å². The lowest BCUT2D eigenvalue weighted by atomic mass is 9.96. The van der Waals surface area contributed by atoms with Crippen molar-refractivity contribution in [1.82, 2.24) is 10.9 Å². The zero-order valence-corrected chi connectivity index (χ0v) is 17.2. The second kappa shape index (κ2) is 9.05. The largest absolute Gasteiger partial charge is 0.493 e. The van der Waals surface area contributed by atoms with Crippen molar-refractivity contribution in [2.45, 2.75) is 26.4 Å². The number of hydrogen-bond donors (Lipinski definition) is 2. The third-order valence-corrected chi connectivity index (χ3v) is 4.62. The van der Waals surface area contributed by atoms with Crippen LogP contribution in [-0.4, -0.2) is 31.6 Å². The molecule has 0 unspecified atom stereocenters. The molecule has 1 aliphatic rings. The molecule has 7 nitrogen and oxygen atoms in total. The average molecular weight is 419 g/mol. The Labute approximate surface area is 174 Å². The summed E-state index contributed by atoms with van der Waals surface area (Å²) in [4.78, 5) is 24.8. The van der Waals surface area contributed by atoms with Gasteiger partial charge in [0.15, 0.2) is 11.5 Å². The molecule has 0 bridgehead atoms. The molecule has 2 aromatic rings. The van der Waals surface area contributed by atoms with E-state index in [1.54, 1.807) is 36.4 Å². The highest BCUT2D eigenvalue weighted by Crippen LogP contribution is 2.30. The second-order valence-corrected chi connectivity index (χ2v) is 7.38. The van der Waals surface area contributed by atoms with Crippen molar-refractivity contribution in [2.24, 2.45) is 5.92 Å². The molecule has 0 aromatic heterocycles. The van der Waals surface area contributed by atoms with E-state index in [0.717, 1.165) is 11.3 Å². The highest BCUT2D eigenvalue weighted by atomic mass is 35.5. The van der Waals surface area contributed by atoms with E-state index in [1.165, 1.54) is 7.11 Å². The zero-order valence-electron chi connectivity index (χ0n) is 16.5. The monoisotopic (exact) mass is 418 g/mol. The number of methoxy groups -OCH3 is 1. The molecule has 2 N–H and O–H groups in total. The number of carbonyl (C=O) groups excluding carboxylic acids is 2. The highest BCUT2D eigenvalue weighted by Gasteiger charge is 2.26. The van der Waals surface area contributed by atoms with E-state index in [0.29, 0.717) is 28.5 Å². The first-order valence-electron chi connectivity index (χ1n) is 9.23. The van der Waals surface area contributed by atoms with E-state index >= 15 is 0 Å². The Kier molecular flexibility index (Phi) is 6.49. The predicted octanol–water partition coefficient (Wildman–Crippen LogP) is 3.15. The van der Waals surface area contributed by atoms with Gasteiger partial charge in [0.25, 0.3) is 5.91 Å². The molecule has 1 aliphatic heterocycles. The van der Waals surface area contributed by atoms with Gasteiger partial charge in [0.2, 0.25) is 5.91 Å². The van der Waals surface area contributed by atoms with Crippen LogP contribution in [0.15, 0.2) is 36.4 Å². The lowest BCUT2D eigenvalue weighted by Crippen LogP contribution is -2.47. The topological polar surface area (TPSA) is 85.9 Å². The molecule has 0 saturated carbocycles. The standard InChI is InChI=1S/C21H23ClN2O5/c1-12(2)29-18-6-4-13(10-19(18)27-3)20(25)23-24-21(26)15-8-14-9-16(22)5-7-17(14)28-11-15/h4-7,9-10,12,15H,8,11H2,1-3H3,(H,23,25)(H,24,26)/t15-/m1/s1. The number of hydrogen-bond acceptors (Lipinski definition) is 5. The summed E-state index contributed by atoms with van der Waals surface area (Å²) in [6.45, 7) is 4.03. The van der Waals surface area contributed by atoms with Crippen LogP contribution in [0.4, 0.5) is 0 Å². The molecule has 29 heavy (non-hydrogen) atoms. The summed E-state index contributed by atoms with van der Waals surface area (Å²) in [5.41, 5.74) is 6.07. The van der Waals surface area contributed by atoms with Gasteiger partial charge in [-0.05, 0) is 62.2 Å². The van der Waals surface area contributed by atoms with Crippen molar-refractivity contribution < 1.29 is 23.8 Å². The summed E-state index contributed by atoms with van der Waals surface area (Å²) in [6.07, 6.45) is 0.452. The molecule has 3 rings (SSSR count). The Balaban J connectivity index is 1.60. The summed E-state index contributed by atoms with van der Waals surface area (Å²) in [5, 5.41) is 0.584. The SMILES string of the molecule is COc1cc(C(=O)NNC(=O)[C@H]2COc3ccc(Cl)cc3C2)ccc1OC(C)C. The van der Waals surface area contributed by atoms with Crippen LogP contribution in [0.5, 0.6) is 17.2 Å². The summed E-state index contributed by atoms with van der Waals surface area (Å²) in [7, 11) is 1.50. The van der Waals surface area contributed by atoms with Crippen molar-refractivity contribution in [2.75, 3.05) is 13.7 Å². The quantitative estimate of drug-likeness (QED) is 0.728. The molecule has 154 valence electrons. The van der Waals surface area contributed by atoms with Gasteiger partial charge < -0.3 is 14.2 Å². The zero-order chi connectivity index (χ0) is 21.0. The molecule has 2 aromatic carbocycles.